The van der Waals surface area contributed by atoms with E-state index in [9.17, 15) is 9.59 Å². The SMILES string of the molecule is CCN1CCC[C@H]1CNC(=O)CCC1CCN(C(=O)Cc2nonc2C)CC1. The number of likely N-dealkylation sites (N-methyl/N-ethyl adjacent to an activating group) is 1. The first-order valence-electron chi connectivity index (χ1n) is 10.6. The molecule has 1 atom stereocenters. The van der Waals surface area contributed by atoms with Gasteiger partial charge >= 0.3 is 0 Å². The molecule has 2 saturated heterocycles. The maximum atomic E-state index is 12.4. The summed E-state index contributed by atoms with van der Waals surface area (Å²) in [6, 6.07) is 0.506. The number of piperidine rings is 1. The first-order valence-corrected chi connectivity index (χ1v) is 10.6. The number of nitrogens with zero attached hydrogens (tertiary/aromatic N) is 4. The first-order chi connectivity index (χ1) is 13.6. The van der Waals surface area contributed by atoms with Crippen LogP contribution in [-0.2, 0) is 16.0 Å². The Labute approximate surface area is 167 Å². The van der Waals surface area contributed by atoms with Crippen molar-refractivity contribution in [2.75, 3.05) is 32.7 Å². The molecule has 8 heteroatoms. The molecule has 28 heavy (non-hydrogen) atoms. The lowest BCUT2D eigenvalue weighted by molar-refractivity contribution is -0.132. The third-order valence-corrected chi connectivity index (χ3v) is 6.25. The van der Waals surface area contributed by atoms with Crippen LogP contribution in [0, 0.1) is 12.8 Å². The van der Waals surface area contributed by atoms with E-state index in [1.807, 2.05) is 4.90 Å². The monoisotopic (exact) mass is 391 g/mol. The van der Waals surface area contributed by atoms with Gasteiger partial charge in [0.05, 0.1) is 6.42 Å². The van der Waals surface area contributed by atoms with Crippen LogP contribution >= 0.6 is 0 Å². The van der Waals surface area contributed by atoms with E-state index in [1.165, 1.54) is 12.8 Å². The number of likely N-dealkylation sites (tertiary alicyclic amines) is 2. The molecule has 1 N–H and O–H groups in total. The molecule has 2 aliphatic heterocycles. The summed E-state index contributed by atoms with van der Waals surface area (Å²) in [5.74, 6) is 0.756. The Kier molecular flexibility index (Phi) is 7.42. The molecule has 0 aromatic carbocycles. The third-order valence-electron chi connectivity index (χ3n) is 6.25. The molecular weight excluding hydrogens is 358 g/mol. The first kappa shape index (κ1) is 20.8. The highest BCUT2D eigenvalue weighted by atomic mass is 16.6. The third kappa shape index (κ3) is 5.53. The molecule has 0 spiro atoms. The van der Waals surface area contributed by atoms with Crippen molar-refractivity contribution in [2.45, 2.75) is 64.8 Å². The van der Waals surface area contributed by atoms with Crippen LogP contribution < -0.4 is 5.32 Å². The Morgan fingerprint density at radius 1 is 1.18 bits per heavy atom. The number of nitrogens with one attached hydrogen (secondary N) is 1. The molecule has 0 bridgehead atoms. The zero-order chi connectivity index (χ0) is 19.9. The van der Waals surface area contributed by atoms with E-state index in [1.54, 1.807) is 6.92 Å². The van der Waals surface area contributed by atoms with Gasteiger partial charge in [-0.1, -0.05) is 17.2 Å². The van der Waals surface area contributed by atoms with Gasteiger partial charge in [-0.25, -0.2) is 4.63 Å². The molecule has 0 aliphatic carbocycles. The average molecular weight is 392 g/mol. The second kappa shape index (κ2) is 10.0. The number of aryl methyl sites for hydroxylation is 1. The molecular formula is C20H33N5O3. The fourth-order valence-corrected chi connectivity index (χ4v) is 4.33. The number of carbonyl (C=O) groups is 2. The number of aromatic nitrogens is 2. The summed E-state index contributed by atoms with van der Waals surface area (Å²) in [5.41, 5.74) is 1.29. The van der Waals surface area contributed by atoms with Crippen LogP contribution in [0.25, 0.3) is 0 Å². The summed E-state index contributed by atoms with van der Waals surface area (Å²) in [6.07, 6.45) is 6.08. The molecule has 3 heterocycles. The predicted octanol–water partition coefficient (Wildman–Crippen LogP) is 1.54. The minimum Gasteiger partial charge on any atom is -0.355 e. The largest absolute Gasteiger partial charge is 0.355 e. The fourth-order valence-electron chi connectivity index (χ4n) is 4.33. The smallest absolute Gasteiger partial charge is 0.228 e. The van der Waals surface area contributed by atoms with Crippen molar-refractivity contribution in [3.05, 3.63) is 11.4 Å². The quantitative estimate of drug-likeness (QED) is 0.723. The van der Waals surface area contributed by atoms with E-state index in [0.29, 0.717) is 29.8 Å². The van der Waals surface area contributed by atoms with Crippen LogP contribution in [0.2, 0.25) is 0 Å². The van der Waals surface area contributed by atoms with Crippen molar-refractivity contribution >= 4 is 11.8 Å². The highest BCUT2D eigenvalue weighted by Gasteiger charge is 2.25. The Balaban J connectivity index is 1.31. The molecule has 0 saturated carbocycles. The van der Waals surface area contributed by atoms with E-state index in [4.69, 9.17) is 0 Å². The summed E-state index contributed by atoms with van der Waals surface area (Å²) in [5, 5.41) is 10.6. The van der Waals surface area contributed by atoms with Crippen LogP contribution in [0.1, 0.15) is 56.8 Å². The number of hydrogen-bond donors (Lipinski definition) is 1. The van der Waals surface area contributed by atoms with Crippen LogP contribution in [0.15, 0.2) is 4.63 Å². The minimum absolute atomic E-state index is 0.0760. The molecule has 2 aliphatic rings. The lowest BCUT2D eigenvalue weighted by Gasteiger charge is -2.32. The van der Waals surface area contributed by atoms with Gasteiger partial charge in [-0.15, -0.1) is 0 Å². The summed E-state index contributed by atoms with van der Waals surface area (Å²) in [6.45, 7) is 8.47. The van der Waals surface area contributed by atoms with Gasteiger partial charge in [0.2, 0.25) is 11.8 Å². The van der Waals surface area contributed by atoms with Crippen LogP contribution in [0.4, 0.5) is 0 Å². The van der Waals surface area contributed by atoms with Crippen molar-refractivity contribution in [1.82, 2.24) is 25.4 Å². The summed E-state index contributed by atoms with van der Waals surface area (Å²) in [4.78, 5) is 28.9. The predicted molar refractivity (Wildman–Crippen MR) is 105 cm³/mol. The molecule has 8 nitrogen and oxygen atoms in total. The lowest BCUT2D eigenvalue weighted by atomic mass is 9.92. The van der Waals surface area contributed by atoms with Gasteiger partial charge in [0.25, 0.3) is 0 Å². The molecule has 0 radical (unpaired) electrons. The maximum absolute atomic E-state index is 12.4. The number of amides is 2. The Morgan fingerprint density at radius 3 is 2.64 bits per heavy atom. The van der Waals surface area contributed by atoms with E-state index in [2.05, 4.69) is 32.1 Å². The number of rotatable bonds is 8. The van der Waals surface area contributed by atoms with E-state index < -0.39 is 0 Å². The van der Waals surface area contributed by atoms with Crippen LogP contribution in [-0.4, -0.2) is 70.7 Å². The summed E-state index contributed by atoms with van der Waals surface area (Å²) >= 11 is 0. The van der Waals surface area contributed by atoms with Gasteiger partial charge < -0.3 is 10.2 Å². The van der Waals surface area contributed by atoms with Gasteiger partial charge in [0, 0.05) is 32.1 Å². The number of carbonyl (C=O) groups excluding carboxylic acids is 2. The Morgan fingerprint density at radius 2 is 1.96 bits per heavy atom. The zero-order valence-electron chi connectivity index (χ0n) is 17.2. The maximum Gasteiger partial charge on any atom is 0.228 e. The Bertz CT molecular complexity index is 654. The Hall–Kier alpha value is -1.96. The van der Waals surface area contributed by atoms with Crippen molar-refractivity contribution in [3.63, 3.8) is 0 Å². The zero-order valence-corrected chi connectivity index (χ0v) is 17.2. The fraction of sp³-hybridized carbons (Fsp3) is 0.800. The molecule has 2 amide bonds. The minimum atomic E-state index is 0.0760. The van der Waals surface area contributed by atoms with E-state index in [0.717, 1.165) is 52.0 Å². The molecule has 1 aromatic rings. The molecule has 1 aromatic heterocycles. The molecule has 3 rings (SSSR count). The van der Waals surface area contributed by atoms with Crippen LogP contribution in [0.3, 0.4) is 0 Å². The van der Waals surface area contributed by atoms with Gasteiger partial charge in [-0.05, 0) is 58.0 Å². The van der Waals surface area contributed by atoms with Gasteiger partial charge in [0.1, 0.15) is 11.4 Å². The van der Waals surface area contributed by atoms with E-state index in [-0.39, 0.29) is 18.2 Å². The summed E-state index contributed by atoms with van der Waals surface area (Å²) < 4.78 is 4.66. The van der Waals surface area contributed by atoms with Crippen molar-refractivity contribution in [2.24, 2.45) is 5.92 Å². The molecule has 0 unspecified atom stereocenters. The molecule has 156 valence electrons. The van der Waals surface area contributed by atoms with Crippen molar-refractivity contribution in [3.8, 4) is 0 Å². The summed E-state index contributed by atoms with van der Waals surface area (Å²) in [7, 11) is 0. The topological polar surface area (TPSA) is 91.6 Å². The van der Waals surface area contributed by atoms with E-state index >= 15 is 0 Å². The highest BCUT2D eigenvalue weighted by molar-refractivity contribution is 5.78. The normalized spacial score (nSPS) is 21.2. The van der Waals surface area contributed by atoms with Gasteiger partial charge in [-0.3, -0.25) is 14.5 Å². The number of hydrogen-bond acceptors (Lipinski definition) is 6. The highest BCUT2D eigenvalue weighted by Crippen LogP contribution is 2.22. The second-order valence-corrected chi connectivity index (χ2v) is 8.06. The second-order valence-electron chi connectivity index (χ2n) is 8.06. The van der Waals surface area contributed by atoms with Crippen molar-refractivity contribution in [1.29, 1.82) is 0 Å². The average Bonchev–Trinajstić information content (AvgIpc) is 3.33. The lowest BCUT2D eigenvalue weighted by Crippen LogP contribution is -2.41. The van der Waals surface area contributed by atoms with Crippen LogP contribution in [0.5, 0.6) is 0 Å². The van der Waals surface area contributed by atoms with Gasteiger partial charge in [0.15, 0.2) is 0 Å². The van der Waals surface area contributed by atoms with Gasteiger partial charge in [-0.2, -0.15) is 0 Å². The molecule has 2 fully saturated rings. The standard InChI is InChI=1S/C20H33N5O3/c1-3-24-10-4-5-17(24)14-21-19(26)7-6-16-8-11-25(12-9-16)20(27)13-18-15(2)22-28-23-18/h16-17H,3-14H2,1-2H3,(H,21,26)/t17-/m0/s1. The van der Waals surface area contributed by atoms with Crippen molar-refractivity contribution < 1.29 is 14.2 Å².